The molecule has 1 aliphatic rings. The fourth-order valence-corrected chi connectivity index (χ4v) is 2.43. The fraction of sp³-hybridized carbons (Fsp3) is 0.333. The molecule has 3 nitrogen and oxygen atoms in total. The van der Waals surface area contributed by atoms with Gasteiger partial charge in [0.25, 0.3) is 11.7 Å². The van der Waals surface area contributed by atoms with Crippen LogP contribution < -0.4 is 4.90 Å². The number of hydrogen-bond donors (Lipinski definition) is 0. The third-order valence-corrected chi connectivity index (χ3v) is 3.48. The Kier molecular flexibility index (Phi) is 3.47. The molecule has 0 bridgehead atoms. The van der Waals surface area contributed by atoms with Crippen molar-refractivity contribution in [2.75, 3.05) is 23.0 Å². The summed E-state index contributed by atoms with van der Waals surface area (Å²) in [4.78, 5) is 24.6. The topological polar surface area (TPSA) is 37.4 Å². The number of carbonyl (C=O) groups is 2. The molecule has 17 heavy (non-hydrogen) atoms. The molecule has 1 aromatic rings. The average Bonchev–Trinajstić information content (AvgIpc) is 2.56. The van der Waals surface area contributed by atoms with Gasteiger partial charge < -0.3 is 4.90 Å². The van der Waals surface area contributed by atoms with Gasteiger partial charge in [0, 0.05) is 12.3 Å². The first-order chi connectivity index (χ1) is 8.16. The number of carbonyl (C=O) groups excluding carboxylic acids is 2. The molecule has 90 valence electrons. The summed E-state index contributed by atoms with van der Waals surface area (Å²) in [6, 6.07) is 4.21. The second-order valence-corrected chi connectivity index (χ2v) is 5.01. The van der Waals surface area contributed by atoms with Gasteiger partial charge in [0.15, 0.2) is 0 Å². The van der Waals surface area contributed by atoms with E-state index in [1.807, 2.05) is 6.92 Å². The molecule has 1 aliphatic heterocycles. The summed E-state index contributed by atoms with van der Waals surface area (Å²) in [5.41, 5.74) is 0.315. The molecule has 0 N–H and O–H groups in total. The van der Waals surface area contributed by atoms with Crippen molar-refractivity contribution in [2.45, 2.75) is 6.92 Å². The lowest BCUT2D eigenvalue weighted by molar-refractivity contribution is -0.114. The summed E-state index contributed by atoms with van der Waals surface area (Å²) in [6.45, 7) is 2.38. The molecular weight excluding hydrogens is 241 g/mol. The minimum Gasteiger partial charge on any atom is -0.301 e. The highest BCUT2D eigenvalue weighted by Gasteiger charge is 2.37. The Balaban J connectivity index is 2.30. The van der Waals surface area contributed by atoms with Gasteiger partial charge in [0.1, 0.15) is 5.82 Å². The van der Waals surface area contributed by atoms with Crippen molar-refractivity contribution in [2.24, 2.45) is 0 Å². The quantitative estimate of drug-likeness (QED) is 0.609. The van der Waals surface area contributed by atoms with E-state index in [4.69, 9.17) is 0 Å². The largest absolute Gasteiger partial charge is 0.301 e. The number of fused-ring (bicyclic) bond motifs is 1. The van der Waals surface area contributed by atoms with Crippen LogP contribution in [-0.2, 0) is 4.79 Å². The minimum absolute atomic E-state index is 0.138. The molecule has 0 saturated carbocycles. The SMILES string of the molecule is CCSCCN1C(=O)C(=O)c2cccc(F)c21. The zero-order chi connectivity index (χ0) is 12.4. The maximum Gasteiger partial charge on any atom is 0.299 e. The van der Waals surface area contributed by atoms with E-state index < -0.39 is 17.5 Å². The number of para-hydroxylation sites is 1. The Morgan fingerprint density at radius 3 is 2.82 bits per heavy atom. The van der Waals surface area contributed by atoms with E-state index in [0.717, 1.165) is 5.75 Å². The Hall–Kier alpha value is -1.36. The molecule has 0 fully saturated rings. The van der Waals surface area contributed by atoms with Gasteiger partial charge in [-0.25, -0.2) is 4.39 Å². The van der Waals surface area contributed by atoms with Crippen LogP contribution in [0, 0.1) is 5.82 Å². The highest BCUT2D eigenvalue weighted by molar-refractivity contribution is 7.99. The number of anilines is 1. The molecule has 1 amide bonds. The van der Waals surface area contributed by atoms with Crippen LogP contribution in [0.25, 0.3) is 0 Å². The lowest BCUT2D eigenvalue weighted by atomic mass is 10.1. The van der Waals surface area contributed by atoms with Gasteiger partial charge in [-0.2, -0.15) is 11.8 Å². The maximum atomic E-state index is 13.6. The van der Waals surface area contributed by atoms with Gasteiger partial charge in [-0.05, 0) is 17.9 Å². The molecule has 0 aliphatic carbocycles. The van der Waals surface area contributed by atoms with Crippen molar-refractivity contribution in [1.29, 1.82) is 0 Å². The van der Waals surface area contributed by atoms with E-state index >= 15 is 0 Å². The molecule has 2 rings (SSSR count). The van der Waals surface area contributed by atoms with E-state index in [9.17, 15) is 14.0 Å². The normalized spacial score (nSPS) is 14.4. The zero-order valence-corrected chi connectivity index (χ0v) is 10.2. The Bertz CT molecular complexity index is 476. The van der Waals surface area contributed by atoms with Crippen LogP contribution in [0.5, 0.6) is 0 Å². The number of amides is 1. The van der Waals surface area contributed by atoms with Crippen LogP contribution >= 0.6 is 11.8 Å². The molecule has 0 saturated heterocycles. The first kappa shape index (κ1) is 12.1. The molecular formula is C12H12FNO2S. The van der Waals surface area contributed by atoms with Gasteiger partial charge in [0.2, 0.25) is 0 Å². The van der Waals surface area contributed by atoms with E-state index in [1.165, 1.54) is 23.1 Å². The van der Waals surface area contributed by atoms with Gasteiger partial charge in [0.05, 0.1) is 11.3 Å². The molecule has 1 heterocycles. The number of halogens is 1. The predicted octanol–water partition coefficient (Wildman–Crippen LogP) is 2.11. The molecule has 0 radical (unpaired) electrons. The van der Waals surface area contributed by atoms with Crippen molar-refractivity contribution in [1.82, 2.24) is 0 Å². The summed E-state index contributed by atoms with van der Waals surface area (Å²) in [5, 5.41) is 0. The van der Waals surface area contributed by atoms with Crippen LogP contribution in [0.15, 0.2) is 18.2 Å². The predicted molar refractivity (Wildman–Crippen MR) is 66.1 cm³/mol. The van der Waals surface area contributed by atoms with Gasteiger partial charge in [-0.3, -0.25) is 9.59 Å². The summed E-state index contributed by atoms with van der Waals surface area (Å²) in [5.74, 6) is -0.116. The lowest BCUT2D eigenvalue weighted by Gasteiger charge is -2.16. The van der Waals surface area contributed by atoms with Crippen molar-refractivity contribution in [3.8, 4) is 0 Å². The fourth-order valence-electron chi connectivity index (χ4n) is 1.83. The van der Waals surface area contributed by atoms with Crippen LogP contribution in [0.2, 0.25) is 0 Å². The zero-order valence-electron chi connectivity index (χ0n) is 9.40. The molecule has 5 heteroatoms. The standard InChI is InChI=1S/C12H12FNO2S/c1-2-17-7-6-14-10-8(11(15)12(14)16)4-3-5-9(10)13/h3-5H,2,6-7H2,1H3. The summed E-state index contributed by atoms with van der Waals surface area (Å²) >= 11 is 1.65. The highest BCUT2D eigenvalue weighted by Crippen LogP contribution is 2.31. The minimum atomic E-state index is -0.623. The smallest absolute Gasteiger partial charge is 0.299 e. The second-order valence-electron chi connectivity index (χ2n) is 3.62. The summed E-state index contributed by atoms with van der Waals surface area (Å²) in [6.07, 6.45) is 0. The lowest BCUT2D eigenvalue weighted by Crippen LogP contribution is -2.32. The highest BCUT2D eigenvalue weighted by atomic mass is 32.2. The maximum absolute atomic E-state index is 13.6. The Morgan fingerprint density at radius 2 is 2.12 bits per heavy atom. The van der Waals surface area contributed by atoms with Gasteiger partial charge >= 0.3 is 0 Å². The summed E-state index contributed by atoms with van der Waals surface area (Å²) < 4.78 is 13.6. The number of benzene rings is 1. The van der Waals surface area contributed by atoms with E-state index in [-0.39, 0.29) is 11.3 Å². The average molecular weight is 253 g/mol. The summed E-state index contributed by atoms with van der Waals surface area (Å²) in [7, 11) is 0. The second kappa shape index (κ2) is 4.87. The van der Waals surface area contributed by atoms with Crippen molar-refractivity contribution < 1.29 is 14.0 Å². The van der Waals surface area contributed by atoms with Crippen molar-refractivity contribution in [3.05, 3.63) is 29.6 Å². The number of nitrogens with zero attached hydrogens (tertiary/aromatic N) is 1. The van der Waals surface area contributed by atoms with E-state index in [0.29, 0.717) is 12.3 Å². The third-order valence-electron chi connectivity index (χ3n) is 2.60. The van der Waals surface area contributed by atoms with Gasteiger partial charge in [-0.15, -0.1) is 0 Å². The van der Waals surface area contributed by atoms with Crippen molar-refractivity contribution >= 4 is 29.1 Å². The molecule has 1 aromatic carbocycles. The first-order valence-corrected chi connectivity index (χ1v) is 6.54. The van der Waals surface area contributed by atoms with Gasteiger partial charge in [-0.1, -0.05) is 13.0 Å². The number of rotatable bonds is 4. The Morgan fingerprint density at radius 1 is 1.35 bits per heavy atom. The van der Waals surface area contributed by atoms with Crippen LogP contribution in [0.1, 0.15) is 17.3 Å². The number of hydrogen-bond acceptors (Lipinski definition) is 3. The number of ketones is 1. The number of thioether (sulfide) groups is 1. The van der Waals surface area contributed by atoms with Crippen molar-refractivity contribution in [3.63, 3.8) is 0 Å². The van der Waals surface area contributed by atoms with E-state index in [2.05, 4.69) is 0 Å². The van der Waals surface area contributed by atoms with E-state index in [1.54, 1.807) is 11.8 Å². The molecule has 0 atom stereocenters. The van der Waals surface area contributed by atoms with Crippen LogP contribution in [0.3, 0.4) is 0 Å². The first-order valence-electron chi connectivity index (χ1n) is 5.39. The monoisotopic (exact) mass is 253 g/mol. The molecule has 0 unspecified atom stereocenters. The number of Topliss-reactive ketones (excluding diaryl/α,β-unsaturated/α-hetero) is 1. The Labute approximate surface area is 103 Å². The van der Waals surface area contributed by atoms with Crippen LogP contribution in [-0.4, -0.2) is 29.7 Å². The van der Waals surface area contributed by atoms with Crippen LogP contribution in [0.4, 0.5) is 10.1 Å². The molecule has 0 spiro atoms. The molecule has 0 aromatic heterocycles. The third kappa shape index (κ3) is 2.07.